The maximum Gasteiger partial charge on any atom is 0.269 e. The molecule has 1 N–H and O–H groups in total. The minimum atomic E-state index is -3.94. The molecule has 0 spiro atoms. The average molecular weight is 719 g/mol. The number of nitrogens with zero attached hydrogens (tertiary/aromatic N) is 5. The zero-order valence-electron chi connectivity index (χ0n) is 27.2. The second-order valence-electron chi connectivity index (χ2n) is 11.9. The molecule has 0 saturated carbocycles. The minimum absolute atomic E-state index is 0.0574. The molecule has 1 fully saturated rings. The van der Waals surface area contributed by atoms with Crippen LogP contribution in [0.15, 0.2) is 101 Å². The number of hydrogen-bond donors (Lipinski definition) is 1. The number of hydrogen-bond acceptors (Lipinski definition) is 9. The maximum absolute atomic E-state index is 14.3. The molecule has 0 bridgehead atoms. The van der Waals surface area contributed by atoms with Gasteiger partial charge in [-0.05, 0) is 66.2 Å². The summed E-state index contributed by atoms with van der Waals surface area (Å²) in [5.41, 5.74) is 0.342. The molecule has 1 aliphatic rings. The molecule has 6 rings (SSSR count). The molecule has 1 aromatic heterocycles. The Labute approximate surface area is 290 Å². The van der Waals surface area contributed by atoms with Crippen LogP contribution in [0.1, 0.15) is 17.4 Å². The molecule has 16 heteroatoms. The zero-order chi connectivity index (χ0) is 36.3. The summed E-state index contributed by atoms with van der Waals surface area (Å²) in [6, 6.07) is 20.0. The summed E-state index contributed by atoms with van der Waals surface area (Å²) in [7, 11) is -2.43. The number of carbonyl (C=O) groups excluding carboxylic acids is 1. The largest absolute Gasteiger partial charge is 0.497 e. The van der Waals surface area contributed by atoms with E-state index in [4.69, 9.17) is 9.72 Å². The van der Waals surface area contributed by atoms with E-state index in [2.05, 4.69) is 5.32 Å². The van der Waals surface area contributed by atoms with Crippen molar-refractivity contribution in [1.29, 1.82) is 0 Å². The van der Waals surface area contributed by atoms with Crippen LogP contribution in [-0.4, -0.2) is 77.8 Å². The fourth-order valence-corrected chi connectivity index (χ4v) is 7.42. The standard InChI is InChI=1S/C35H32F2N6O7S/c1-50-28-10-6-26(7-11-28)42-34(39-31-5-3-2-4-30(31)35(42)45)32(20-23-18-24(36)21-25(37)19-23)38-33(44)22-40-14-16-41(17-15-40)51(48,49)29-12-8-27(9-13-29)43(46)47/h2-13,18-19,21,32H,14-17,20,22H2,1H3,(H,38,44)/t32-/m0/s1. The Morgan fingerprint density at radius 3 is 2.24 bits per heavy atom. The normalized spacial score (nSPS) is 14.6. The molecule has 51 heavy (non-hydrogen) atoms. The number of halogens is 2. The first-order valence-corrected chi connectivity index (χ1v) is 17.2. The van der Waals surface area contributed by atoms with Crippen molar-refractivity contribution < 1.29 is 31.7 Å². The summed E-state index contributed by atoms with van der Waals surface area (Å²) in [6.45, 7) is 0.359. The molecule has 1 amide bonds. The number of nitro benzene ring substituents is 1. The molecule has 0 radical (unpaired) electrons. The van der Waals surface area contributed by atoms with E-state index in [1.807, 2.05) is 0 Å². The lowest BCUT2D eigenvalue weighted by Crippen LogP contribution is -2.51. The number of fused-ring (bicyclic) bond motifs is 1. The van der Waals surface area contributed by atoms with Crippen molar-refractivity contribution >= 4 is 32.5 Å². The maximum atomic E-state index is 14.3. The topological polar surface area (TPSA) is 157 Å². The van der Waals surface area contributed by atoms with Crippen LogP contribution in [0.3, 0.4) is 0 Å². The highest BCUT2D eigenvalue weighted by molar-refractivity contribution is 7.89. The van der Waals surface area contributed by atoms with Gasteiger partial charge in [-0.1, -0.05) is 12.1 Å². The summed E-state index contributed by atoms with van der Waals surface area (Å²) in [5.74, 6) is -1.44. The van der Waals surface area contributed by atoms with Crippen molar-refractivity contribution in [3.05, 3.63) is 134 Å². The molecule has 0 aliphatic carbocycles. The summed E-state index contributed by atoms with van der Waals surface area (Å²) in [6.07, 6.45) is -0.122. The number of non-ortho nitro benzene ring substituents is 1. The molecule has 5 aromatic rings. The van der Waals surface area contributed by atoms with Gasteiger partial charge in [-0.3, -0.25) is 29.2 Å². The molecule has 0 unspecified atom stereocenters. The number of para-hydroxylation sites is 1. The predicted octanol–water partition coefficient (Wildman–Crippen LogP) is 3.99. The van der Waals surface area contributed by atoms with Crippen molar-refractivity contribution in [3.63, 3.8) is 0 Å². The second-order valence-corrected chi connectivity index (χ2v) is 13.8. The van der Waals surface area contributed by atoms with E-state index in [0.29, 0.717) is 22.3 Å². The molecule has 2 heterocycles. The third kappa shape index (κ3) is 7.77. The van der Waals surface area contributed by atoms with E-state index in [9.17, 15) is 36.9 Å². The Morgan fingerprint density at radius 1 is 0.961 bits per heavy atom. The number of amides is 1. The first-order valence-electron chi connectivity index (χ1n) is 15.8. The zero-order valence-corrected chi connectivity index (χ0v) is 28.1. The van der Waals surface area contributed by atoms with Crippen molar-refractivity contribution in [3.8, 4) is 11.4 Å². The van der Waals surface area contributed by atoms with E-state index in [1.54, 1.807) is 53.4 Å². The van der Waals surface area contributed by atoms with Crippen LogP contribution in [0.5, 0.6) is 5.75 Å². The number of nitrogens with one attached hydrogen (secondary N) is 1. The number of benzene rings is 4. The Bertz CT molecular complexity index is 2240. The van der Waals surface area contributed by atoms with Crippen LogP contribution in [0.4, 0.5) is 14.5 Å². The summed E-state index contributed by atoms with van der Waals surface area (Å²) >= 11 is 0. The molecule has 13 nitrogen and oxygen atoms in total. The smallest absolute Gasteiger partial charge is 0.269 e. The molecular formula is C35H32F2N6O7S. The minimum Gasteiger partial charge on any atom is -0.497 e. The van der Waals surface area contributed by atoms with Crippen molar-refractivity contribution in [2.75, 3.05) is 39.8 Å². The number of nitro groups is 1. The fourth-order valence-electron chi connectivity index (χ4n) is 6.00. The number of sulfonamides is 1. The van der Waals surface area contributed by atoms with E-state index >= 15 is 0 Å². The second kappa shape index (κ2) is 14.7. The SMILES string of the molecule is COc1ccc(-n2c([C@H](Cc3cc(F)cc(F)c3)NC(=O)CN3CCN(S(=O)(=O)c4ccc([N+](=O)[O-])cc4)CC3)nc3ccccc3c2=O)cc1. The van der Waals surface area contributed by atoms with Crippen LogP contribution in [0.25, 0.3) is 16.6 Å². The van der Waals surface area contributed by atoms with E-state index < -0.39 is 44.1 Å². The molecule has 4 aromatic carbocycles. The van der Waals surface area contributed by atoms with Crippen LogP contribution in [0.2, 0.25) is 0 Å². The van der Waals surface area contributed by atoms with E-state index in [0.717, 1.165) is 30.3 Å². The number of piperazine rings is 1. The number of methoxy groups -OCH3 is 1. The average Bonchev–Trinajstić information content (AvgIpc) is 3.11. The molecule has 1 saturated heterocycles. The van der Waals surface area contributed by atoms with Crippen molar-refractivity contribution in [2.24, 2.45) is 0 Å². The van der Waals surface area contributed by atoms with Crippen LogP contribution in [-0.2, 0) is 21.2 Å². The predicted molar refractivity (Wildman–Crippen MR) is 183 cm³/mol. The summed E-state index contributed by atoms with van der Waals surface area (Å²) < 4.78 is 62.9. The van der Waals surface area contributed by atoms with Gasteiger partial charge in [0.25, 0.3) is 11.2 Å². The lowest BCUT2D eigenvalue weighted by atomic mass is 10.0. The van der Waals surface area contributed by atoms with Crippen LogP contribution >= 0.6 is 0 Å². The van der Waals surface area contributed by atoms with Gasteiger partial charge in [0.05, 0.1) is 46.1 Å². The van der Waals surface area contributed by atoms with Gasteiger partial charge >= 0.3 is 0 Å². The van der Waals surface area contributed by atoms with Gasteiger partial charge in [0, 0.05) is 50.8 Å². The monoisotopic (exact) mass is 718 g/mol. The molecule has 1 atom stereocenters. The summed E-state index contributed by atoms with van der Waals surface area (Å²) in [4.78, 5) is 44.5. The van der Waals surface area contributed by atoms with Crippen LogP contribution < -0.4 is 15.6 Å². The van der Waals surface area contributed by atoms with Gasteiger partial charge in [0.2, 0.25) is 15.9 Å². The van der Waals surface area contributed by atoms with Gasteiger partial charge in [0.1, 0.15) is 23.2 Å². The Morgan fingerprint density at radius 2 is 1.61 bits per heavy atom. The number of aromatic nitrogens is 2. The highest BCUT2D eigenvalue weighted by atomic mass is 32.2. The van der Waals surface area contributed by atoms with Gasteiger partial charge in [-0.2, -0.15) is 4.31 Å². The molecule has 264 valence electrons. The van der Waals surface area contributed by atoms with Gasteiger partial charge in [-0.15, -0.1) is 0 Å². The molecular weight excluding hydrogens is 686 g/mol. The number of ether oxygens (including phenoxy) is 1. The van der Waals surface area contributed by atoms with Gasteiger partial charge in [0.15, 0.2) is 0 Å². The van der Waals surface area contributed by atoms with E-state index in [1.165, 1.54) is 28.1 Å². The lowest BCUT2D eigenvalue weighted by Gasteiger charge is -2.34. The van der Waals surface area contributed by atoms with Crippen molar-refractivity contribution in [2.45, 2.75) is 17.4 Å². The third-order valence-corrected chi connectivity index (χ3v) is 10.4. The first kappa shape index (κ1) is 35.3. The highest BCUT2D eigenvalue weighted by Crippen LogP contribution is 2.25. The lowest BCUT2D eigenvalue weighted by molar-refractivity contribution is -0.384. The van der Waals surface area contributed by atoms with Gasteiger partial charge in [-0.25, -0.2) is 22.2 Å². The van der Waals surface area contributed by atoms with E-state index in [-0.39, 0.29) is 61.1 Å². The quantitative estimate of drug-likeness (QED) is 0.158. The highest BCUT2D eigenvalue weighted by Gasteiger charge is 2.31. The number of rotatable bonds is 11. The fraction of sp³-hybridized carbons (Fsp3) is 0.229. The third-order valence-electron chi connectivity index (χ3n) is 8.53. The molecule has 1 aliphatic heterocycles. The van der Waals surface area contributed by atoms with Crippen molar-refractivity contribution in [1.82, 2.24) is 24.1 Å². The Balaban J connectivity index is 1.27. The Kier molecular flexibility index (Phi) is 10.2. The van der Waals surface area contributed by atoms with Crippen LogP contribution in [0, 0.1) is 21.7 Å². The Hall–Kier alpha value is -5.58. The number of carbonyl (C=O) groups is 1. The van der Waals surface area contributed by atoms with Gasteiger partial charge < -0.3 is 10.1 Å². The first-order chi connectivity index (χ1) is 24.4. The summed E-state index contributed by atoms with van der Waals surface area (Å²) in [5, 5.41) is 14.2.